The van der Waals surface area contributed by atoms with E-state index in [-0.39, 0.29) is 22.7 Å². The van der Waals surface area contributed by atoms with Crippen LogP contribution in [0.2, 0.25) is 0 Å². The number of anilines is 1. The highest BCUT2D eigenvalue weighted by molar-refractivity contribution is 7.92. The second-order valence-electron chi connectivity index (χ2n) is 7.52. The van der Waals surface area contributed by atoms with Gasteiger partial charge in [-0.1, -0.05) is 36.4 Å². The van der Waals surface area contributed by atoms with Crippen molar-refractivity contribution < 1.29 is 23.2 Å². The quantitative estimate of drug-likeness (QED) is 0.327. The highest BCUT2D eigenvalue weighted by Crippen LogP contribution is 2.33. The third-order valence-corrected chi connectivity index (χ3v) is 6.77. The highest BCUT2D eigenvalue weighted by atomic mass is 32.2. The summed E-state index contributed by atoms with van der Waals surface area (Å²) < 4.78 is 34.3. The van der Waals surface area contributed by atoms with Gasteiger partial charge in [-0.25, -0.2) is 13.9 Å². The van der Waals surface area contributed by atoms with E-state index in [1.54, 1.807) is 43.6 Å². The van der Waals surface area contributed by atoms with Crippen LogP contribution >= 0.6 is 0 Å². The Bertz CT molecular complexity index is 1210. The van der Waals surface area contributed by atoms with Gasteiger partial charge in [0.25, 0.3) is 15.9 Å². The molecule has 0 radical (unpaired) electrons. The Kier molecular flexibility index (Phi) is 7.70. The molecule has 174 valence electrons. The summed E-state index contributed by atoms with van der Waals surface area (Å²) in [6.45, 7) is 4.17. The molecule has 0 spiro atoms. The molecule has 0 aliphatic carbocycles. The molecule has 9 heteroatoms. The number of ether oxygens (including phenoxy) is 1. The monoisotopic (exact) mass is 469 g/mol. The Hall–Kier alpha value is -3.40. The number of rotatable bonds is 9. The van der Waals surface area contributed by atoms with Crippen molar-refractivity contribution in [2.75, 3.05) is 17.5 Å². The van der Waals surface area contributed by atoms with Gasteiger partial charge in [0, 0.05) is 6.54 Å². The number of hydroxylamine groups is 1. The second kappa shape index (κ2) is 10.5. The van der Waals surface area contributed by atoms with Crippen LogP contribution in [0.15, 0.2) is 71.6 Å². The van der Waals surface area contributed by atoms with Gasteiger partial charge in [0.05, 0.1) is 22.7 Å². The Morgan fingerprint density at radius 1 is 1.06 bits per heavy atom. The average Bonchev–Trinajstić information content (AvgIpc) is 2.81. The summed E-state index contributed by atoms with van der Waals surface area (Å²) in [4.78, 5) is 12.5. The number of nitrogens with zero attached hydrogens (tertiary/aromatic N) is 1. The molecule has 0 atom stereocenters. The standard InChI is InChI=1S/C24H27N3O5S/c1-17-14-18(2)23(22(15-17)24(28)26-29)27(16-19-6-4-3-5-7-19)33(30,31)21-10-8-20(9-11-21)32-13-12-25/h3-11,14-15,29H,12-13,16,25H2,1-2H3,(H,26,28). The van der Waals surface area contributed by atoms with Crippen LogP contribution in [0.4, 0.5) is 5.69 Å². The number of hydrogen-bond donors (Lipinski definition) is 3. The van der Waals surface area contributed by atoms with Crippen LogP contribution in [0.25, 0.3) is 0 Å². The number of hydrogen-bond acceptors (Lipinski definition) is 6. The van der Waals surface area contributed by atoms with Gasteiger partial charge in [-0.3, -0.25) is 14.3 Å². The Labute approximate surface area is 193 Å². The fourth-order valence-corrected chi connectivity index (χ4v) is 5.11. The van der Waals surface area contributed by atoms with E-state index >= 15 is 0 Å². The lowest BCUT2D eigenvalue weighted by molar-refractivity contribution is 0.0707. The second-order valence-corrected chi connectivity index (χ2v) is 9.39. The van der Waals surface area contributed by atoms with Crippen LogP contribution in [0.1, 0.15) is 27.0 Å². The average molecular weight is 470 g/mol. The molecule has 3 aromatic carbocycles. The molecule has 0 unspecified atom stereocenters. The van der Waals surface area contributed by atoms with Gasteiger partial charge in [0.15, 0.2) is 0 Å². The van der Waals surface area contributed by atoms with Gasteiger partial charge in [-0.15, -0.1) is 0 Å². The third-order valence-electron chi connectivity index (χ3n) is 5.01. The first-order valence-corrected chi connectivity index (χ1v) is 11.8. The van der Waals surface area contributed by atoms with E-state index in [1.807, 2.05) is 30.3 Å². The minimum atomic E-state index is -4.10. The fourth-order valence-electron chi connectivity index (χ4n) is 3.57. The van der Waals surface area contributed by atoms with Gasteiger partial charge in [0.2, 0.25) is 0 Å². The summed E-state index contributed by atoms with van der Waals surface area (Å²) in [5.74, 6) is -0.295. The first-order valence-electron chi connectivity index (χ1n) is 10.3. The molecular weight excluding hydrogens is 442 g/mol. The van der Waals surface area contributed by atoms with E-state index in [4.69, 9.17) is 10.5 Å². The van der Waals surface area contributed by atoms with Gasteiger partial charge in [-0.05, 0) is 60.9 Å². The van der Waals surface area contributed by atoms with Crippen LogP contribution in [0.5, 0.6) is 5.75 Å². The summed E-state index contributed by atoms with van der Waals surface area (Å²) >= 11 is 0. The third kappa shape index (κ3) is 5.51. The van der Waals surface area contributed by atoms with Crippen molar-refractivity contribution in [2.45, 2.75) is 25.3 Å². The molecule has 3 rings (SSSR count). The molecule has 0 aliphatic heterocycles. The number of carbonyl (C=O) groups is 1. The summed E-state index contributed by atoms with van der Waals surface area (Å²) in [5, 5.41) is 9.30. The van der Waals surface area contributed by atoms with E-state index in [1.165, 1.54) is 16.4 Å². The van der Waals surface area contributed by atoms with E-state index in [0.717, 1.165) is 11.1 Å². The first-order chi connectivity index (χ1) is 15.8. The molecular formula is C24H27N3O5S. The minimum Gasteiger partial charge on any atom is -0.492 e. The van der Waals surface area contributed by atoms with Crippen molar-refractivity contribution in [1.82, 2.24) is 5.48 Å². The zero-order valence-electron chi connectivity index (χ0n) is 18.5. The maximum Gasteiger partial charge on any atom is 0.276 e. The summed E-state index contributed by atoms with van der Waals surface area (Å²) in [6, 6.07) is 18.4. The Morgan fingerprint density at radius 2 is 1.73 bits per heavy atom. The molecule has 4 N–H and O–H groups in total. The molecule has 1 amide bonds. The number of aryl methyl sites for hydroxylation is 2. The van der Waals surface area contributed by atoms with Gasteiger partial charge in [-0.2, -0.15) is 0 Å². The minimum absolute atomic E-state index is 0.00971. The largest absolute Gasteiger partial charge is 0.492 e. The molecule has 0 aromatic heterocycles. The number of carbonyl (C=O) groups excluding carboxylic acids is 1. The van der Waals surface area contributed by atoms with E-state index in [2.05, 4.69) is 0 Å². The molecule has 3 aromatic rings. The zero-order chi connectivity index (χ0) is 24.0. The van der Waals surface area contributed by atoms with Crippen LogP contribution in [0, 0.1) is 13.8 Å². The lowest BCUT2D eigenvalue weighted by atomic mass is 10.0. The van der Waals surface area contributed by atoms with Crippen molar-refractivity contribution in [3.05, 3.63) is 89.0 Å². The number of nitrogens with two attached hydrogens (primary N) is 1. The fraction of sp³-hybridized carbons (Fsp3) is 0.208. The smallest absolute Gasteiger partial charge is 0.276 e. The molecule has 0 saturated heterocycles. The number of benzene rings is 3. The lowest BCUT2D eigenvalue weighted by Gasteiger charge is -2.28. The highest BCUT2D eigenvalue weighted by Gasteiger charge is 2.30. The van der Waals surface area contributed by atoms with E-state index in [0.29, 0.717) is 24.5 Å². The van der Waals surface area contributed by atoms with Crippen molar-refractivity contribution in [3.8, 4) is 5.75 Å². The van der Waals surface area contributed by atoms with E-state index in [9.17, 15) is 18.4 Å². The predicted octanol–water partition coefficient (Wildman–Crippen LogP) is 3.16. The van der Waals surface area contributed by atoms with Crippen LogP contribution in [-0.4, -0.2) is 32.7 Å². The van der Waals surface area contributed by atoms with Crippen LogP contribution in [0.3, 0.4) is 0 Å². The maximum atomic E-state index is 13.8. The first kappa shape index (κ1) is 24.2. The normalized spacial score (nSPS) is 11.2. The molecule has 33 heavy (non-hydrogen) atoms. The molecule has 0 aliphatic rings. The van der Waals surface area contributed by atoms with E-state index < -0.39 is 15.9 Å². The van der Waals surface area contributed by atoms with Crippen molar-refractivity contribution in [1.29, 1.82) is 0 Å². The Balaban J connectivity index is 2.16. The molecule has 0 saturated carbocycles. The topological polar surface area (TPSA) is 122 Å². The van der Waals surface area contributed by atoms with Gasteiger partial charge in [0.1, 0.15) is 12.4 Å². The zero-order valence-corrected chi connectivity index (χ0v) is 19.3. The van der Waals surface area contributed by atoms with Crippen LogP contribution < -0.4 is 20.3 Å². The molecule has 0 bridgehead atoms. The molecule has 8 nitrogen and oxygen atoms in total. The van der Waals surface area contributed by atoms with Gasteiger partial charge < -0.3 is 10.5 Å². The number of nitrogens with one attached hydrogen (secondary N) is 1. The maximum absolute atomic E-state index is 13.8. The summed E-state index contributed by atoms with van der Waals surface area (Å²) in [7, 11) is -4.10. The van der Waals surface area contributed by atoms with Crippen LogP contribution in [-0.2, 0) is 16.6 Å². The van der Waals surface area contributed by atoms with Crippen molar-refractivity contribution >= 4 is 21.6 Å². The SMILES string of the molecule is Cc1cc(C)c(N(Cc2ccccc2)S(=O)(=O)c2ccc(OCCN)cc2)c(C(=O)NO)c1. The number of amides is 1. The lowest BCUT2D eigenvalue weighted by Crippen LogP contribution is -2.34. The predicted molar refractivity (Wildman–Crippen MR) is 126 cm³/mol. The number of sulfonamides is 1. The van der Waals surface area contributed by atoms with Crippen molar-refractivity contribution in [3.63, 3.8) is 0 Å². The molecule has 0 fully saturated rings. The summed E-state index contributed by atoms with van der Waals surface area (Å²) in [5.41, 5.74) is 9.40. The van der Waals surface area contributed by atoms with Gasteiger partial charge >= 0.3 is 0 Å². The summed E-state index contributed by atoms with van der Waals surface area (Å²) in [6.07, 6.45) is 0. The molecule has 0 heterocycles. The Morgan fingerprint density at radius 3 is 2.33 bits per heavy atom. The van der Waals surface area contributed by atoms with Crippen molar-refractivity contribution in [2.24, 2.45) is 5.73 Å².